The smallest absolute Gasteiger partial charge is 0.0702 e. The van der Waals surface area contributed by atoms with Gasteiger partial charge in [0.05, 0.1) is 5.69 Å². The minimum absolute atomic E-state index is 1.01. The number of rotatable bonds is 1. The van der Waals surface area contributed by atoms with Gasteiger partial charge in [-0.25, -0.2) is 0 Å². The van der Waals surface area contributed by atoms with Crippen LogP contribution in [0.3, 0.4) is 0 Å². The van der Waals surface area contributed by atoms with Crippen molar-refractivity contribution in [3.05, 3.63) is 52.1 Å². The van der Waals surface area contributed by atoms with Crippen molar-refractivity contribution in [3.63, 3.8) is 0 Å². The Morgan fingerprint density at radius 2 is 1.80 bits per heavy atom. The highest BCUT2D eigenvalue weighted by Crippen LogP contribution is 2.21. The van der Waals surface area contributed by atoms with Crippen LogP contribution in [0.1, 0.15) is 11.1 Å². The number of aryl methyl sites for hydroxylation is 2. The number of pyridine rings is 1. The summed E-state index contributed by atoms with van der Waals surface area (Å²) in [4.78, 5) is 4.37. The summed E-state index contributed by atoms with van der Waals surface area (Å²) in [5, 5.41) is 0. The Hall–Kier alpha value is -1.15. The summed E-state index contributed by atoms with van der Waals surface area (Å²) in [6, 6.07) is 10.4. The quantitative estimate of drug-likeness (QED) is 0.753. The Bertz CT molecular complexity index is 474. The summed E-state index contributed by atoms with van der Waals surface area (Å²) in [7, 11) is 0. The molecule has 0 amide bonds. The number of aromatic nitrogens is 1. The molecule has 0 N–H and O–H groups in total. The van der Waals surface area contributed by atoms with Crippen LogP contribution in [-0.4, -0.2) is 4.98 Å². The molecule has 0 aliphatic heterocycles. The normalized spacial score (nSPS) is 10.3. The standard InChI is InChI=1S/C13H12BrN/c1-9-3-4-11(7-10(9)2)13-6-5-12(14)8-15-13/h3-8H,1-2H3. The maximum Gasteiger partial charge on any atom is 0.0702 e. The fraction of sp³-hybridized carbons (Fsp3) is 0.154. The molecule has 2 rings (SSSR count). The van der Waals surface area contributed by atoms with Gasteiger partial charge in [0.1, 0.15) is 0 Å². The number of halogens is 1. The summed E-state index contributed by atoms with van der Waals surface area (Å²) in [6.45, 7) is 4.24. The predicted molar refractivity (Wildman–Crippen MR) is 66.8 cm³/mol. The minimum atomic E-state index is 1.01. The first kappa shape index (κ1) is 10.4. The van der Waals surface area contributed by atoms with Gasteiger partial charge in [-0.15, -0.1) is 0 Å². The van der Waals surface area contributed by atoms with Crippen LogP contribution in [0.5, 0.6) is 0 Å². The van der Waals surface area contributed by atoms with Gasteiger partial charge in [0.25, 0.3) is 0 Å². The summed E-state index contributed by atoms with van der Waals surface area (Å²) >= 11 is 3.38. The fourth-order valence-electron chi connectivity index (χ4n) is 1.45. The zero-order valence-corrected chi connectivity index (χ0v) is 10.4. The van der Waals surface area contributed by atoms with Crippen molar-refractivity contribution >= 4 is 15.9 Å². The molecular weight excluding hydrogens is 250 g/mol. The molecule has 0 saturated carbocycles. The third kappa shape index (κ3) is 2.26. The first-order valence-electron chi connectivity index (χ1n) is 4.86. The topological polar surface area (TPSA) is 12.9 Å². The van der Waals surface area contributed by atoms with E-state index >= 15 is 0 Å². The number of benzene rings is 1. The Labute approximate surface area is 98.3 Å². The van der Waals surface area contributed by atoms with E-state index in [9.17, 15) is 0 Å². The molecule has 0 fully saturated rings. The molecule has 1 nitrogen and oxygen atoms in total. The van der Waals surface area contributed by atoms with Crippen LogP contribution in [0.2, 0.25) is 0 Å². The molecule has 76 valence electrons. The van der Waals surface area contributed by atoms with Gasteiger partial charge in [-0.2, -0.15) is 0 Å². The third-order valence-electron chi connectivity index (χ3n) is 2.53. The molecule has 0 bridgehead atoms. The number of hydrogen-bond acceptors (Lipinski definition) is 1. The molecule has 1 aromatic heterocycles. The zero-order valence-electron chi connectivity index (χ0n) is 8.79. The van der Waals surface area contributed by atoms with Gasteiger partial charge in [-0.05, 0) is 59.1 Å². The SMILES string of the molecule is Cc1ccc(-c2ccc(Br)cn2)cc1C. The molecule has 0 aliphatic carbocycles. The van der Waals surface area contributed by atoms with Gasteiger partial charge < -0.3 is 0 Å². The van der Waals surface area contributed by atoms with Crippen LogP contribution >= 0.6 is 15.9 Å². The van der Waals surface area contributed by atoms with E-state index < -0.39 is 0 Å². The third-order valence-corrected chi connectivity index (χ3v) is 3.00. The molecule has 2 heteroatoms. The van der Waals surface area contributed by atoms with Crippen molar-refractivity contribution < 1.29 is 0 Å². The van der Waals surface area contributed by atoms with Crippen LogP contribution < -0.4 is 0 Å². The second-order valence-electron chi connectivity index (χ2n) is 3.66. The van der Waals surface area contributed by atoms with Crippen molar-refractivity contribution in [1.82, 2.24) is 4.98 Å². The summed E-state index contributed by atoms with van der Waals surface area (Å²) in [6.07, 6.45) is 1.82. The molecule has 15 heavy (non-hydrogen) atoms. The maximum absolute atomic E-state index is 4.37. The van der Waals surface area contributed by atoms with Crippen LogP contribution in [0.15, 0.2) is 41.0 Å². The van der Waals surface area contributed by atoms with Crippen LogP contribution in [0.4, 0.5) is 0 Å². The Kier molecular flexibility index (Phi) is 2.87. The predicted octanol–water partition coefficient (Wildman–Crippen LogP) is 4.13. The monoisotopic (exact) mass is 261 g/mol. The van der Waals surface area contributed by atoms with E-state index in [1.807, 2.05) is 18.3 Å². The Balaban J connectivity index is 2.45. The molecule has 0 spiro atoms. The van der Waals surface area contributed by atoms with Crippen molar-refractivity contribution in [1.29, 1.82) is 0 Å². The summed E-state index contributed by atoms with van der Waals surface area (Å²) in [5.74, 6) is 0. The van der Waals surface area contributed by atoms with Crippen LogP contribution in [0.25, 0.3) is 11.3 Å². The van der Waals surface area contributed by atoms with E-state index in [2.05, 4.69) is 53.0 Å². The second-order valence-corrected chi connectivity index (χ2v) is 4.58. The number of nitrogens with zero attached hydrogens (tertiary/aromatic N) is 1. The van der Waals surface area contributed by atoms with Gasteiger partial charge in [0.2, 0.25) is 0 Å². The van der Waals surface area contributed by atoms with Crippen LogP contribution in [-0.2, 0) is 0 Å². The molecule has 2 aromatic rings. The molecule has 0 saturated heterocycles. The minimum Gasteiger partial charge on any atom is -0.255 e. The largest absolute Gasteiger partial charge is 0.255 e. The lowest BCUT2D eigenvalue weighted by molar-refractivity contribution is 1.28. The first-order chi connectivity index (χ1) is 7.16. The lowest BCUT2D eigenvalue weighted by atomic mass is 10.0. The van der Waals surface area contributed by atoms with Crippen molar-refractivity contribution in [2.45, 2.75) is 13.8 Å². The Morgan fingerprint density at radius 3 is 2.40 bits per heavy atom. The average molecular weight is 262 g/mol. The van der Waals surface area contributed by atoms with Gasteiger partial charge in [-0.3, -0.25) is 4.98 Å². The fourth-order valence-corrected chi connectivity index (χ4v) is 1.68. The van der Waals surface area contributed by atoms with Gasteiger partial charge in [0.15, 0.2) is 0 Å². The van der Waals surface area contributed by atoms with Gasteiger partial charge >= 0.3 is 0 Å². The highest BCUT2D eigenvalue weighted by atomic mass is 79.9. The van der Waals surface area contributed by atoms with E-state index in [1.54, 1.807) is 0 Å². The molecule has 0 radical (unpaired) electrons. The average Bonchev–Trinajstić information content (AvgIpc) is 2.23. The lowest BCUT2D eigenvalue weighted by Gasteiger charge is -2.04. The van der Waals surface area contributed by atoms with Crippen molar-refractivity contribution in [2.24, 2.45) is 0 Å². The molecule has 1 aromatic carbocycles. The van der Waals surface area contributed by atoms with Gasteiger partial charge in [-0.1, -0.05) is 12.1 Å². The van der Waals surface area contributed by atoms with E-state index in [4.69, 9.17) is 0 Å². The van der Waals surface area contributed by atoms with E-state index in [0.717, 1.165) is 10.2 Å². The van der Waals surface area contributed by atoms with E-state index in [1.165, 1.54) is 16.7 Å². The molecule has 1 heterocycles. The molecule has 0 aliphatic rings. The number of hydrogen-bond donors (Lipinski definition) is 0. The molecular formula is C13H12BrN. The molecule has 0 atom stereocenters. The highest BCUT2D eigenvalue weighted by Gasteiger charge is 2.00. The van der Waals surface area contributed by atoms with Crippen molar-refractivity contribution in [3.8, 4) is 11.3 Å². The van der Waals surface area contributed by atoms with Gasteiger partial charge in [0, 0.05) is 16.2 Å². The zero-order chi connectivity index (χ0) is 10.8. The maximum atomic E-state index is 4.37. The second kappa shape index (κ2) is 4.15. The Morgan fingerprint density at radius 1 is 1.00 bits per heavy atom. The summed E-state index contributed by atoms with van der Waals surface area (Å²) < 4.78 is 1.01. The van der Waals surface area contributed by atoms with Crippen LogP contribution in [0, 0.1) is 13.8 Å². The molecule has 0 unspecified atom stereocenters. The van der Waals surface area contributed by atoms with Crippen molar-refractivity contribution in [2.75, 3.05) is 0 Å². The van der Waals surface area contributed by atoms with E-state index in [0.29, 0.717) is 0 Å². The van der Waals surface area contributed by atoms with E-state index in [-0.39, 0.29) is 0 Å². The summed E-state index contributed by atoms with van der Waals surface area (Å²) in [5.41, 5.74) is 4.81. The first-order valence-corrected chi connectivity index (χ1v) is 5.65. The lowest BCUT2D eigenvalue weighted by Crippen LogP contribution is -1.86. The highest BCUT2D eigenvalue weighted by molar-refractivity contribution is 9.10.